The number of rotatable bonds is 9. The Morgan fingerprint density at radius 1 is 1.13 bits per heavy atom. The van der Waals surface area contributed by atoms with E-state index in [-0.39, 0.29) is 30.0 Å². The Hall–Kier alpha value is -3.85. The van der Waals surface area contributed by atoms with Crippen molar-refractivity contribution in [3.63, 3.8) is 0 Å². The van der Waals surface area contributed by atoms with Crippen LogP contribution in [0.15, 0.2) is 54.9 Å². The van der Waals surface area contributed by atoms with Gasteiger partial charge in [-0.3, -0.25) is 14.8 Å². The summed E-state index contributed by atoms with van der Waals surface area (Å²) in [5.41, 5.74) is 3.04. The van der Waals surface area contributed by atoms with Gasteiger partial charge in [-0.25, -0.2) is 9.18 Å². The third kappa shape index (κ3) is 5.99. The van der Waals surface area contributed by atoms with Gasteiger partial charge in [-0.05, 0) is 47.7 Å². The van der Waals surface area contributed by atoms with E-state index in [1.807, 2.05) is 32.0 Å². The number of benzene rings is 1. The van der Waals surface area contributed by atoms with Crippen molar-refractivity contribution < 1.29 is 23.5 Å². The number of carbonyl (C=O) groups excluding carboxylic acids is 2. The average molecular weight is 534 g/mol. The Labute approximate surface area is 224 Å². The lowest BCUT2D eigenvalue weighted by molar-refractivity contribution is -0.119. The van der Waals surface area contributed by atoms with Crippen LogP contribution < -0.4 is 4.74 Å². The Bertz CT molecular complexity index is 1470. The average Bonchev–Trinajstić information content (AvgIpc) is 3.32. The molecule has 1 saturated heterocycles. The van der Waals surface area contributed by atoms with E-state index in [1.54, 1.807) is 35.5 Å². The first-order chi connectivity index (χ1) is 18.4. The van der Waals surface area contributed by atoms with Gasteiger partial charge in [-0.2, -0.15) is 0 Å². The fraction of sp³-hybridized carbons (Fsp3) is 0.310. The summed E-state index contributed by atoms with van der Waals surface area (Å²) >= 11 is 1.46. The molecular weight excluding hydrogens is 505 g/mol. The molecule has 1 aliphatic rings. The van der Waals surface area contributed by atoms with Crippen LogP contribution in [0.5, 0.6) is 11.5 Å². The number of cyclic esters (lactones) is 1. The molecule has 38 heavy (non-hydrogen) atoms. The number of ketones is 1. The van der Waals surface area contributed by atoms with Gasteiger partial charge in [0.1, 0.15) is 11.5 Å². The summed E-state index contributed by atoms with van der Waals surface area (Å²) in [7, 11) is 0. The Kier molecular flexibility index (Phi) is 7.64. The van der Waals surface area contributed by atoms with Crippen LogP contribution in [-0.4, -0.2) is 39.9 Å². The van der Waals surface area contributed by atoms with E-state index in [1.165, 1.54) is 17.4 Å². The number of carbonyl (C=O) groups is 2. The van der Waals surface area contributed by atoms with Crippen molar-refractivity contribution in [1.29, 1.82) is 0 Å². The van der Waals surface area contributed by atoms with Crippen molar-refractivity contribution in [2.75, 3.05) is 13.2 Å². The molecule has 0 spiro atoms. The maximum Gasteiger partial charge on any atom is 0.410 e. The highest BCUT2D eigenvalue weighted by Gasteiger charge is 2.20. The van der Waals surface area contributed by atoms with Crippen molar-refractivity contribution >= 4 is 33.4 Å². The Balaban J connectivity index is 1.32. The predicted octanol–water partition coefficient (Wildman–Crippen LogP) is 6.79. The summed E-state index contributed by atoms with van der Waals surface area (Å²) in [5, 5.41) is 0. The van der Waals surface area contributed by atoms with E-state index in [9.17, 15) is 14.0 Å². The van der Waals surface area contributed by atoms with Gasteiger partial charge in [0.15, 0.2) is 11.6 Å². The molecule has 0 unspecified atom stereocenters. The lowest BCUT2D eigenvalue weighted by Crippen LogP contribution is -2.37. The highest BCUT2D eigenvalue weighted by atomic mass is 32.1. The number of amides is 1. The second-order valence-electron chi connectivity index (χ2n) is 9.76. The molecule has 0 atom stereocenters. The zero-order chi connectivity index (χ0) is 26.6. The number of hydrogen-bond acceptors (Lipinski definition) is 7. The normalized spacial score (nSPS) is 13.7. The smallest absolute Gasteiger partial charge is 0.410 e. The maximum absolute atomic E-state index is 14.9. The zero-order valence-electron chi connectivity index (χ0n) is 21.3. The largest absolute Gasteiger partial charge is 0.453 e. The van der Waals surface area contributed by atoms with E-state index in [4.69, 9.17) is 9.47 Å². The highest BCUT2D eigenvalue weighted by Crippen LogP contribution is 2.39. The second kappa shape index (κ2) is 11.3. The molecule has 1 fully saturated rings. The molecule has 4 aromatic rings. The van der Waals surface area contributed by atoms with Crippen LogP contribution in [0.3, 0.4) is 0 Å². The molecule has 4 heterocycles. The van der Waals surface area contributed by atoms with E-state index in [0.29, 0.717) is 37.4 Å². The molecule has 196 valence electrons. The number of nitrogens with zero attached hydrogens (tertiary/aromatic N) is 3. The van der Waals surface area contributed by atoms with Crippen LogP contribution in [0.2, 0.25) is 0 Å². The van der Waals surface area contributed by atoms with Crippen LogP contribution in [0.25, 0.3) is 20.8 Å². The molecule has 1 amide bonds. The van der Waals surface area contributed by atoms with Crippen molar-refractivity contribution in [2.45, 2.75) is 39.7 Å². The molecule has 1 aliphatic heterocycles. The number of aromatic nitrogens is 2. The summed E-state index contributed by atoms with van der Waals surface area (Å²) in [5.74, 6) is 0.426. The minimum Gasteiger partial charge on any atom is -0.453 e. The maximum atomic E-state index is 14.9. The molecule has 0 bridgehead atoms. The number of pyridine rings is 2. The number of ether oxygens (including phenoxy) is 2. The molecule has 0 aliphatic carbocycles. The molecular formula is C29H28FN3O4S. The van der Waals surface area contributed by atoms with Gasteiger partial charge in [0, 0.05) is 37.8 Å². The summed E-state index contributed by atoms with van der Waals surface area (Å²) in [6.07, 6.45) is 4.59. The SMILES string of the molecule is CC(C)CC(=O)Cc1ccc(Oc2ccnc3cc(-c4ccc(CN5CCCOC5=O)cn4)sc23)c(F)c1. The molecule has 9 heteroatoms. The van der Waals surface area contributed by atoms with Crippen LogP contribution in [0.4, 0.5) is 9.18 Å². The van der Waals surface area contributed by atoms with Crippen molar-refractivity contribution in [3.8, 4) is 22.1 Å². The fourth-order valence-corrected chi connectivity index (χ4v) is 5.40. The van der Waals surface area contributed by atoms with Gasteiger partial charge in [0.05, 0.1) is 33.9 Å². The van der Waals surface area contributed by atoms with Gasteiger partial charge in [-0.1, -0.05) is 26.0 Å². The molecule has 3 aromatic heterocycles. The summed E-state index contributed by atoms with van der Waals surface area (Å²) < 4.78 is 26.7. The molecule has 7 nitrogen and oxygen atoms in total. The monoisotopic (exact) mass is 533 g/mol. The van der Waals surface area contributed by atoms with E-state index >= 15 is 0 Å². The molecule has 5 rings (SSSR count). The Morgan fingerprint density at radius 2 is 1.97 bits per heavy atom. The van der Waals surface area contributed by atoms with Crippen LogP contribution in [-0.2, 0) is 22.5 Å². The fourth-order valence-electron chi connectivity index (χ4n) is 4.36. The van der Waals surface area contributed by atoms with Gasteiger partial charge < -0.3 is 14.4 Å². The number of halogens is 1. The summed E-state index contributed by atoms with van der Waals surface area (Å²) in [6.45, 7) is 5.57. The van der Waals surface area contributed by atoms with Gasteiger partial charge >= 0.3 is 6.09 Å². The first kappa shape index (κ1) is 25.8. The van der Waals surface area contributed by atoms with Crippen LogP contribution in [0, 0.1) is 11.7 Å². The number of fused-ring (bicyclic) bond motifs is 1. The van der Waals surface area contributed by atoms with E-state index in [2.05, 4.69) is 9.97 Å². The van der Waals surface area contributed by atoms with Crippen LogP contribution >= 0.6 is 11.3 Å². The zero-order valence-corrected chi connectivity index (χ0v) is 22.1. The molecule has 1 aromatic carbocycles. The van der Waals surface area contributed by atoms with Crippen molar-refractivity contribution in [2.24, 2.45) is 5.92 Å². The standard InChI is InChI=1S/C29H28FN3O4S/c1-18(2)12-21(34)13-19-5-7-25(22(30)14-19)37-26-8-9-31-24-15-27(38-28(24)26)23-6-4-20(16-32-23)17-33-10-3-11-36-29(33)35/h4-9,14-16,18H,3,10-13,17H2,1-2H3. The quantitative estimate of drug-likeness (QED) is 0.236. The van der Waals surface area contributed by atoms with Crippen LogP contribution in [0.1, 0.15) is 37.8 Å². The first-order valence-electron chi connectivity index (χ1n) is 12.6. The van der Waals surface area contributed by atoms with Crippen molar-refractivity contribution in [3.05, 3.63) is 71.8 Å². The molecule has 0 saturated carbocycles. The lowest BCUT2D eigenvalue weighted by atomic mass is 10.0. The van der Waals surface area contributed by atoms with Crippen molar-refractivity contribution in [1.82, 2.24) is 14.9 Å². The molecule has 0 N–H and O–H groups in total. The topological polar surface area (TPSA) is 81.6 Å². The summed E-state index contributed by atoms with van der Waals surface area (Å²) in [4.78, 5) is 35.6. The Morgan fingerprint density at radius 3 is 2.71 bits per heavy atom. The van der Waals surface area contributed by atoms with E-state index in [0.717, 1.165) is 32.8 Å². The number of Topliss-reactive ketones (excluding diaryl/α,β-unsaturated/α-hetero) is 1. The minimum absolute atomic E-state index is 0.0886. The van der Waals surface area contributed by atoms with Gasteiger partial charge in [0.25, 0.3) is 0 Å². The first-order valence-corrected chi connectivity index (χ1v) is 13.4. The third-order valence-corrected chi connectivity index (χ3v) is 7.30. The number of thiophene rings is 1. The third-order valence-electron chi connectivity index (χ3n) is 6.14. The summed E-state index contributed by atoms with van der Waals surface area (Å²) in [6, 6.07) is 12.1. The number of hydrogen-bond donors (Lipinski definition) is 0. The van der Waals surface area contributed by atoms with E-state index < -0.39 is 5.82 Å². The minimum atomic E-state index is -0.517. The second-order valence-corrected chi connectivity index (χ2v) is 10.8. The predicted molar refractivity (Wildman–Crippen MR) is 144 cm³/mol. The highest BCUT2D eigenvalue weighted by molar-refractivity contribution is 7.22. The lowest BCUT2D eigenvalue weighted by Gasteiger charge is -2.26. The van der Waals surface area contributed by atoms with Gasteiger partial charge in [0.2, 0.25) is 0 Å². The molecule has 0 radical (unpaired) electrons. The van der Waals surface area contributed by atoms with Gasteiger partial charge in [-0.15, -0.1) is 11.3 Å².